The van der Waals surface area contributed by atoms with Crippen molar-refractivity contribution in [3.05, 3.63) is 70.9 Å². The van der Waals surface area contributed by atoms with Gasteiger partial charge in [-0.3, -0.25) is 9.59 Å². The summed E-state index contributed by atoms with van der Waals surface area (Å²) < 4.78 is 0. The predicted octanol–water partition coefficient (Wildman–Crippen LogP) is 3.43. The Morgan fingerprint density at radius 2 is 1.55 bits per heavy atom. The van der Waals surface area contributed by atoms with Crippen LogP contribution < -0.4 is 10.2 Å². The number of rotatable bonds is 3. The first-order valence-corrected chi connectivity index (χ1v) is 7.13. The lowest BCUT2D eigenvalue weighted by Gasteiger charge is -2.14. The van der Waals surface area contributed by atoms with Crippen molar-refractivity contribution in [2.45, 2.75) is 6.92 Å². The van der Waals surface area contributed by atoms with E-state index in [0.29, 0.717) is 11.4 Å². The number of hydrogen-bond donors (Lipinski definition) is 1. The molecule has 1 aliphatic rings. The molecule has 0 saturated heterocycles. The van der Waals surface area contributed by atoms with Crippen LogP contribution in [0.2, 0.25) is 0 Å². The third kappa shape index (κ3) is 2.49. The van der Waals surface area contributed by atoms with Crippen LogP contribution in [0.3, 0.4) is 0 Å². The summed E-state index contributed by atoms with van der Waals surface area (Å²) in [7, 11) is 0. The normalized spacial score (nSPS) is 14.7. The van der Waals surface area contributed by atoms with Crippen molar-refractivity contribution in [3.63, 3.8) is 0 Å². The maximum atomic E-state index is 12.5. The van der Waals surface area contributed by atoms with Crippen molar-refractivity contribution >= 4 is 34.8 Å². The fraction of sp³-hybridized carbons (Fsp3) is 0.0588. The number of anilines is 2. The fourth-order valence-electron chi connectivity index (χ4n) is 2.20. The molecule has 2 aromatic carbocycles. The van der Waals surface area contributed by atoms with Gasteiger partial charge in [-0.1, -0.05) is 47.5 Å². The van der Waals surface area contributed by atoms with E-state index < -0.39 is 11.8 Å². The lowest BCUT2D eigenvalue weighted by molar-refractivity contribution is -0.120. The number of hydrogen-bond acceptors (Lipinski definition) is 3. The number of benzene rings is 2. The second-order valence-corrected chi connectivity index (χ2v) is 5.34. The van der Waals surface area contributed by atoms with Gasteiger partial charge in [0.05, 0.1) is 5.69 Å². The van der Waals surface area contributed by atoms with Gasteiger partial charge in [0.25, 0.3) is 11.8 Å². The quantitative estimate of drug-likeness (QED) is 0.883. The van der Waals surface area contributed by atoms with Crippen LogP contribution in [0.1, 0.15) is 5.56 Å². The Morgan fingerprint density at radius 1 is 0.909 bits per heavy atom. The average Bonchev–Trinajstić information content (AvgIpc) is 2.74. The SMILES string of the molecule is Cc1ccc(NC2=C(Cl)C(=O)N(c3ccccc3)C2=O)cc1. The number of carbonyl (C=O) groups is 2. The van der Waals surface area contributed by atoms with Crippen molar-refractivity contribution in [2.24, 2.45) is 0 Å². The van der Waals surface area contributed by atoms with E-state index in [9.17, 15) is 9.59 Å². The van der Waals surface area contributed by atoms with E-state index in [0.717, 1.165) is 10.5 Å². The molecule has 5 heteroatoms. The van der Waals surface area contributed by atoms with Gasteiger partial charge in [-0.15, -0.1) is 0 Å². The molecule has 2 aromatic rings. The summed E-state index contributed by atoms with van der Waals surface area (Å²) in [6.07, 6.45) is 0. The number of imide groups is 1. The minimum atomic E-state index is -0.521. The van der Waals surface area contributed by atoms with Crippen molar-refractivity contribution in [2.75, 3.05) is 10.2 Å². The van der Waals surface area contributed by atoms with Gasteiger partial charge in [-0.05, 0) is 31.2 Å². The molecule has 0 unspecified atom stereocenters. The molecule has 3 rings (SSSR count). The Kier molecular flexibility index (Phi) is 3.69. The molecule has 1 heterocycles. The van der Waals surface area contributed by atoms with E-state index in [1.807, 2.05) is 37.3 Å². The van der Waals surface area contributed by atoms with Gasteiger partial charge in [0.2, 0.25) is 0 Å². The number of halogens is 1. The first kappa shape index (κ1) is 14.4. The zero-order chi connectivity index (χ0) is 15.7. The summed E-state index contributed by atoms with van der Waals surface area (Å²) >= 11 is 6.05. The molecule has 0 atom stereocenters. The smallest absolute Gasteiger partial charge is 0.283 e. The van der Waals surface area contributed by atoms with E-state index in [2.05, 4.69) is 5.32 Å². The molecule has 0 spiro atoms. The molecule has 1 N–H and O–H groups in total. The highest BCUT2D eigenvalue weighted by atomic mass is 35.5. The minimum Gasteiger partial charge on any atom is -0.350 e. The summed E-state index contributed by atoms with van der Waals surface area (Å²) in [6, 6.07) is 16.2. The summed E-state index contributed by atoms with van der Waals surface area (Å²) in [4.78, 5) is 25.8. The van der Waals surface area contributed by atoms with Crippen molar-refractivity contribution < 1.29 is 9.59 Å². The van der Waals surface area contributed by atoms with Crippen molar-refractivity contribution in [1.29, 1.82) is 0 Å². The summed E-state index contributed by atoms with van der Waals surface area (Å²) in [5.74, 6) is -0.978. The zero-order valence-corrected chi connectivity index (χ0v) is 12.6. The molecule has 0 aromatic heterocycles. The van der Waals surface area contributed by atoms with E-state index in [4.69, 9.17) is 11.6 Å². The number of nitrogens with zero attached hydrogens (tertiary/aromatic N) is 1. The molecular weight excluding hydrogens is 300 g/mol. The van der Waals surface area contributed by atoms with E-state index >= 15 is 0 Å². The highest BCUT2D eigenvalue weighted by Crippen LogP contribution is 2.29. The first-order chi connectivity index (χ1) is 10.6. The number of amides is 2. The Labute approximate surface area is 133 Å². The average molecular weight is 313 g/mol. The van der Waals surface area contributed by atoms with Gasteiger partial charge in [0.15, 0.2) is 0 Å². The van der Waals surface area contributed by atoms with Crippen LogP contribution in [-0.4, -0.2) is 11.8 Å². The Balaban J connectivity index is 1.90. The lowest BCUT2D eigenvalue weighted by Crippen LogP contribution is -2.32. The molecule has 1 aliphatic heterocycles. The highest BCUT2D eigenvalue weighted by Gasteiger charge is 2.38. The topological polar surface area (TPSA) is 49.4 Å². The second-order valence-electron chi connectivity index (χ2n) is 4.96. The molecular formula is C17H13ClN2O2. The van der Waals surface area contributed by atoms with E-state index in [1.165, 1.54) is 0 Å². The Hall–Kier alpha value is -2.59. The van der Waals surface area contributed by atoms with Crippen LogP contribution in [0.15, 0.2) is 65.3 Å². The molecule has 110 valence electrons. The standard InChI is InChI=1S/C17H13ClN2O2/c1-11-7-9-12(10-8-11)19-15-14(18)16(21)20(17(15)22)13-5-3-2-4-6-13/h2-10,19H,1H3. The maximum absolute atomic E-state index is 12.5. The van der Waals surface area contributed by atoms with Gasteiger partial charge in [0, 0.05) is 5.69 Å². The Bertz CT molecular complexity index is 767. The second kappa shape index (κ2) is 5.66. The predicted molar refractivity (Wildman–Crippen MR) is 86.6 cm³/mol. The molecule has 0 bridgehead atoms. The number of para-hydroxylation sites is 1. The molecule has 0 saturated carbocycles. The van der Waals surface area contributed by atoms with Gasteiger partial charge < -0.3 is 5.32 Å². The number of nitrogens with one attached hydrogen (secondary N) is 1. The molecule has 0 aliphatic carbocycles. The molecule has 0 fully saturated rings. The van der Waals surface area contributed by atoms with Crippen molar-refractivity contribution in [3.8, 4) is 0 Å². The zero-order valence-electron chi connectivity index (χ0n) is 11.8. The van der Waals surface area contributed by atoms with Gasteiger partial charge in [-0.25, -0.2) is 4.90 Å². The number of carbonyl (C=O) groups excluding carboxylic acids is 2. The van der Waals surface area contributed by atoms with E-state index in [1.54, 1.807) is 24.3 Å². The summed E-state index contributed by atoms with van der Waals surface area (Å²) in [5, 5.41) is 2.83. The van der Waals surface area contributed by atoms with Crippen LogP contribution in [0.25, 0.3) is 0 Å². The number of aryl methyl sites for hydroxylation is 1. The lowest BCUT2D eigenvalue weighted by atomic mass is 10.2. The minimum absolute atomic E-state index is 0.0966. The van der Waals surface area contributed by atoms with Gasteiger partial charge >= 0.3 is 0 Å². The van der Waals surface area contributed by atoms with Gasteiger partial charge in [0.1, 0.15) is 10.7 Å². The summed E-state index contributed by atoms with van der Waals surface area (Å²) in [5.41, 5.74) is 2.40. The maximum Gasteiger partial charge on any atom is 0.283 e. The molecule has 4 nitrogen and oxygen atoms in total. The first-order valence-electron chi connectivity index (χ1n) is 6.75. The van der Waals surface area contributed by atoms with Crippen LogP contribution in [-0.2, 0) is 9.59 Å². The fourth-order valence-corrected chi connectivity index (χ4v) is 2.42. The highest BCUT2D eigenvalue weighted by molar-refractivity contribution is 6.53. The van der Waals surface area contributed by atoms with Crippen LogP contribution in [0, 0.1) is 6.92 Å². The van der Waals surface area contributed by atoms with E-state index in [-0.39, 0.29) is 10.7 Å². The molecule has 2 amide bonds. The molecule has 22 heavy (non-hydrogen) atoms. The van der Waals surface area contributed by atoms with Crippen LogP contribution >= 0.6 is 11.6 Å². The van der Waals surface area contributed by atoms with Crippen LogP contribution in [0.4, 0.5) is 11.4 Å². The third-order valence-electron chi connectivity index (χ3n) is 3.36. The van der Waals surface area contributed by atoms with Crippen molar-refractivity contribution in [1.82, 2.24) is 0 Å². The van der Waals surface area contributed by atoms with Gasteiger partial charge in [-0.2, -0.15) is 0 Å². The third-order valence-corrected chi connectivity index (χ3v) is 3.71. The monoisotopic (exact) mass is 312 g/mol. The van der Waals surface area contributed by atoms with Crippen LogP contribution in [0.5, 0.6) is 0 Å². The Morgan fingerprint density at radius 3 is 2.18 bits per heavy atom. The largest absolute Gasteiger partial charge is 0.350 e. The molecule has 0 radical (unpaired) electrons. The summed E-state index contributed by atoms with van der Waals surface area (Å²) in [6.45, 7) is 1.97.